The molecule has 1 saturated carbocycles. The number of thiazole rings is 1. The second-order valence-corrected chi connectivity index (χ2v) is 5.74. The first-order valence-corrected chi connectivity index (χ1v) is 6.91. The number of carboxylic acid groups (broad SMARTS) is 1. The molecule has 2 N–H and O–H groups in total. The van der Waals surface area contributed by atoms with Crippen molar-refractivity contribution in [1.82, 2.24) is 4.98 Å². The molecule has 0 bridgehead atoms. The van der Waals surface area contributed by atoms with Crippen LogP contribution in [-0.2, 0) is 11.2 Å². The van der Waals surface area contributed by atoms with Crippen molar-refractivity contribution in [2.45, 2.75) is 32.6 Å². The van der Waals surface area contributed by atoms with Crippen LogP contribution in [0.25, 0.3) is 0 Å². The summed E-state index contributed by atoms with van der Waals surface area (Å²) in [6, 6.07) is 0. The van der Waals surface area contributed by atoms with Gasteiger partial charge in [0.1, 0.15) is 0 Å². The first-order chi connectivity index (χ1) is 8.13. The van der Waals surface area contributed by atoms with Gasteiger partial charge in [-0.15, -0.1) is 11.3 Å². The quantitative estimate of drug-likeness (QED) is 0.848. The van der Waals surface area contributed by atoms with Crippen LogP contribution in [0.2, 0.25) is 0 Å². The third-order valence-electron chi connectivity index (χ3n) is 3.23. The van der Waals surface area contributed by atoms with Crippen LogP contribution >= 0.6 is 11.3 Å². The van der Waals surface area contributed by atoms with E-state index in [2.05, 4.69) is 17.2 Å². The maximum absolute atomic E-state index is 10.5. The Morgan fingerprint density at radius 3 is 3.12 bits per heavy atom. The Balaban J connectivity index is 1.79. The van der Waals surface area contributed by atoms with E-state index >= 15 is 0 Å². The van der Waals surface area contributed by atoms with Crippen LogP contribution in [0.1, 0.15) is 31.9 Å². The highest BCUT2D eigenvalue weighted by Crippen LogP contribution is 2.30. The summed E-state index contributed by atoms with van der Waals surface area (Å²) in [5, 5.41) is 14.6. The third kappa shape index (κ3) is 3.70. The van der Waals surface area contributed by atoms with Crippen molar-refractivity contribution in [3.05, 3.63) is 11.1 Å². The SMILES string of the molecule is CC1CCC(CNc2nc(CC(=O)O)cs2)C1. The Kier molecular flexibility index (Phi) is 3.99. The molecule has 1 aliphatic rings. The fourth-order valence-electron chi connectivity index (χ4n) is 2.37. The largest absolute Gasteiger partial charge is 0.481 e. The van der Waals surface area contributed by atoms with Crippen LogP contribution in [0.3, 0.4) is 0 Å². The molecule has 2 atom stereocenters. The summed E-state index contributed by atoms with van der Waals surface area (Å²) in [6.45, 7) is 3.26. The molecular formula is C12H18N2O2S. The Labute approximate surface area is 105 Å². The summed E-state index contributed by atoms with van der Waals surface area (Å²) in [4.78, 5) is 14.8. The van der Waals surface area contributed by atoms with Gasteiger partial charge >= 0.3 is 5.97 Å². The number of carboxylic acids is 1. The normalized spacial score (nSPS) is 23.8. The monoisotopic (exact) mass is 254 g/mol. The number of carbonyl (C=O) groups is 1. The number of hydrogen-bond donors (Lipinski definition) is 2. The molecule has 1 aromatic heterocycles. The molecule has 4 nitrogen and oxygen atoms in total. The molecule has 1 aliphatic carbocycles. The Morgan fingerprint density at radius 2 is 2.47 bits per heavy atom. The third-order valence-corrected chi connectivity index (χ3v) is 4.08. The van der Waals surface area contributed by atoms with Gasteiger partial charge in [0.05, 0.1) is 12.1 Å². The van der Waals surface area contributed by atoms with Gasteiger partial charge < -0.3 is 10.4 Å². The van der Waals surface area contributed by atoms with E-state index in [1.165, 1.54) is 30.6 Å². The van der Waals surface area contributed by atoms with Gasteiger partial charge in [-0.25, -0.2) is 4.98 Å². The van der Waals surface area contributed by atoms with Crippen LogP contribution in [0.5, 0.6) is 0 Å². The molecule has 2 unspecified atom stereocenters. The topological polar surface area (TPSA) is 62.2 Å². The molecule has 0 aliphatic heterocycles. The van der Waals surface area contributed by atoms with Gasteiger partial charge in [-0.1, -0.05) is 13.3 Å². The van der Waals surface area contributed by atoms with Gasteiger partial charge in [-0.3, -0.25) is 4.79 Å². The van der Waals surface area contributed by atoms with Crippen molar-refractivity contribution in [3.63, 3.8) is 0 Å². The second kappa shape index (κ2) is 5.49. The molecule has 94 valence electrons. The van der Waals surface area contributed by atoms with Crippen LogP contribution in [0, 0.1) is 11.8 Å². The fourth-order valence-corrected chi connectivity index (χ4v) is 3.09. The molecule has 5 heteroatoms. The highest BCUT2D eigenvalue weighted by molar-refractivity contribution is 7.13. The Bertz CT molecular complexity index is 392. The van der Waals surface area contributed by atoms with E-state index in [9.17, 15) is 4.79 Å². The number of aromatic nitrogens is 1. The average molecular weight is 254 g/mol. The average Bonchev–Trinajstić information content (AvgIpc) is 2.84. The van der Waals surface area contributed by atoms with Crippen LogP contribution in [-0.4, -0.2) is 22.6 Å². The van der Waals surface area contributed by atoms with Gasteiger partial charge in [0.25, 0.3) is 0 Å². The smallest absolute Gasteiger partial charge is 0.309 e. The maximum Gasteiger partial charge on any atom is 0.309 e. The van der Waals surface area contributed by atoms with E-state index in [4.69, 9.17) is 5.11 Å². The van der Waals surface area contributed by atoms with E-state index in [0.717, 1.165) is 23.5 Å². The molecule has 0 saturated heterocycles. The van der Waals surface area contributed by atoms with Crippen molar-refractivity contribution >= 4 is 22.4 Å². The summed E-state index contributed by atoms with van der Waals surface area (Å²) < 4.78 is 0. The number of rotatable bonds is 5. The van der Waals surface area contributed by atoms with Crippen LogP contribution < -0.4 is 5.32 Å². The molecule has 2 rings (SSSR count). The minimum atomic E-state index is -0.827. The first kappa shape index (κ1) is 12.4. The lowest BCUT2D eigenvalue weighted by Gasteiger charge is -2.09. The summed E-state index contributed by atoms with van der Waals surface area (Å²) in [5.41, 5.74) is 0.643. The molecule has 1 aromatic rings. The number of anilines is 1. The lowest BCUT2D eigenvalue weighted by atomic mass is 10.1. The zero-order chi connectivity index (χ0) is 12.3. The molecule has 1 fully saturated rings. The standard InChI is InChI=1S/C12H18N2O2S/c1-8-2-3-9(4-8)6-13-12-14-10(7-17-12)5-11(15)16/h7-9H,2-6H2,1H3,(H,13,14)(H,15,16). The zero-order valence-electron chi connectivity index (χ0n) is 9.98. The van der Waals surface area contributed by atoms with Crippen LogP contribution in [0.15, 0.2) is 5.38 Å². The lowest BCUT2D eigenvalue weighted by molar-refractivity contribution is -0.136. The molecule has 0 aromatic carbocycles. The molecular weight excluding hydrogens is 236 g/mol. The zero-order valence-corrected chi connectivity index (χ0v) is 10.8. The fraction of sp³-hybridized carbons (Fsp3) is 0.667. The highest BCUT2D eigenvalue weighted by Gasteiger charge is 2.21. The van der Waals surface area contributed by atoms with E-state index in [1.807, 2.05) is 5.38 Å². The van der Waals surface area contributed by atoms with Gasteiger partial charge in [0.2, 0.25) is 0 Å². The number of nitrogens with zero attached hydrogens (tertiary/aromatic N) is 1. The second-order valence-electron chi connectivity index (χ2n) is 4.88. The maximum atomic E-state index is 10.5. The number of aliphatic carboxylic acids is 1. The lowest BCUT2D eigenvalue weighted by Crippen LogP contribution is -2.11. The molecule has 0 spiro atoms. The van der Waals surface area contributed by atoms with Crippen molar-refractivity contribution in [1.29, 1.82) is 0 Å². The van der Waals surface area contributed by atoms with Gasteiger partial charge in [-0.05, 0) is 24.7 Å². The van der Waals surface area contributed by atoms with Crippen LogP contribution in [0.4, 0.5) is 5.13 Å². The Morgan fingerprint density at radius 1 is 1.65 bits per heavy atom. The van der Waals surface area contributed by atoms with Gasteiger partial charge in [0, 0.05) is 11.9 Å². The molecule has 0 amide bonds. The predicted octanol–water partition coefficient (Wildman–Crippen LogP) is 2.62. The minimum absolute atomic E-state index is 0.0125. The molecule has 1 heterocycles. The van der Waals surface area contributed by atoms with E-state index in [1.54, 1.807) is 0 Å². The number of hydrogen-bond acceptors (Lipinski definition) is 4. The van der Waals surface area contributed by atoms with Gasteiger partial charge in [0.15, 0.2) is 5.13 Å². The highest BCUT2D eigenvalue weighted by atomic mass is 32.1. The van der Waals surface area contributed by atoms with Crippen molar-refractivity contribution in [3.8, 4) is 0 Å². The summed E-state index contributed by atoms with van der Waals surface area (Å²) in [7, 11) is 0. The molecule has 0 radical (unpaired) electrons. The van der Waals surface area contributed by atoms with Crippen molar-refractivity contribution in [2.75, 3.05) is 11.9 Å². The minimum Gasteiger partial charge on any atom is -0.481 e. The van der Waals surface area contributed by atoms with Gasteiger partial charge in [-0.2, -0.15) is 0 Å². The summed E-state index contributed by atoms with van der Waals surface area (Å²) >= 11 is 1.49. The predicted molar refractivity (Wildman–Crippen MR) is 68.4 cm³/mol. The van der Waals surface area contributed by atoms with E-state index in [0.29, 0.717) is 5.69 Å². The van der Waals surface area contributed by atoms with Crippen molar-refractivity contribution in [2.24, 2.45) is 11.8 Å². The summed E-state index contributed by atoms with van der Waals surface area (Å²) in [5.74, 6) is 0.768. The van der Waals surface area contributed by atoms with Crippen molar-refractivity contribution < 1.29 is 9.90 Å². The molecule has 17 heavy (non-hydrogen) atoms. The Hall–Kier alpha value is -1.10. The number of nitrogens with one attached hydrogen (secondary N) is 1. The summed E-state index contributed by atoms with van der Waals surface area (Å²) in [6.07, 6.45) is 3.93. The van der Waals surface area contributed by atoms with E-state index in [-0.39, 0.29) is 6.42 Å². The van der Waals surface area contributed by atoms with E-state index < -0.39 is 5.97 Å². The first-order valence-electron chi connectivity index (χ1n) is 6.03.